The van der Waals surface area contributed by atoms with Crippen LogP contribution in [0.15, 0.2) is 24.4 Å². The molecule has 0 atom stereocenters. The first kappa shape index (κ1) is 14.4. The molecule has 0 aliphatic heterocycles. The molecule has 0 amide bonds. The smallest absolute Gasteiger partial charge is 0.224 e. The fourth-order valence-corrected chi connectivity index (χ4v) is 1.69. The molecule has 7 heteroatoms. The summed E-state index contributed by atoms with van der Waals surface area (Å²) in [5, 5.41) is 2.90. The third kappa shape index (κ3) is 3.29. The zero-order valence-corrected chi connectivity index (χ0v) is 11.5. The van der Waals surface area contributed by atoms with Gasteiger partial charge in [-0.3, -0.25) is 0 Å². The summed E-state index contributed by atoms with van der Waals surface area (Å²) < 4.78 is 19.1. The lowest BCUT2D eigenvalue weighted by molar-refractivity contribution is 0.370. The highest BCUT2D eigenvalue weighted by molar-refractivity contribution is 6.33. The van der Waals surface area contributed by atoms with Gasteiger partial charge in [-0.2, -0.15) is 4.98 Å². The molecular weight excluding hydrogens is 304 g/mol. The molecule has 0 bridgehead atoms. The van der Waals surface area contributed by atoms with Crippen molar-refractivity contribution in [3.05, 3.63) is 40.5 Å². The van der Waals surface area contributed by atoms with Crippen LogP contribution in [0.4, 0.5) is 15.9 Å². The third-order valence-corrected chi connectivity index (χ3v) is 2.70. The molecule has 0 fully saturated rings. The minimum absolute atomic E-state index is 0.0103. The fourth-order valence-electron chi connectivity index (χ4n) is 1.42. The summed E-state index contributed by atoms with van der Waals surface area (Å²) in [6.45, 7) is 0.0103. The van der Waals surface area contributed by atoms with Gasteiger partial charge in [0, 0.05) is 0 Å². The number of nitrogens with one attached hydrogen (secondary N) is 1. The predicted octanol–water partition coefficient (Wildman–Crippen LogP) is 3.68. The van der Waals surface area contributed by atoms with Gasteiger partial charge in [0.2, 0.25) is 5.28 Å². The van der Waals surface area contributed by atoms with E-state index in [1.54, 1.807) is 6.07 Å². The zero-order chi connectivity index (χ0) is 14.5. The monoisotopic (exact) mass is 311 g/mol. The second kappa shape index (κ2) is 6.42. The lowest BCUT2D eigenvalue weighted by Crippen LogP contribution is -2.03. The number of ether oxygens (including phenoxy) is 1. The van der Waals surface area contributed by atoms with Crippen molar-refractivity contribution in [2.24, 2.45) is 0 Å². The second-order valence-electron chi connectivity index (χ2n) is 3.57. The molecule has 0 aliphatic carbocycles. The number of aromatic nitrogens is 2. The van der Waals surface area contributed by atoms with Gasteiger partial charge in [0.15, 0.2) is 11.6 Å². The molecule has 4 nitrogen and oxygen atoms in total. The Morgan fingerprint density at radius 3 is 2.95 bits per heavy atom. The molecule has 1 aromatic heterocycles. The average Bonchev–Trinajstić information content (AvgIpc) is 2.43. The van der Waals surface area contributed by atoms with Crippen LogP contribution in [0.2, 0.25) is 10.3 Å². The van der Waals surface area contributed by atoms with E-state index in [2.05, 4.69) is 21.2 Å². The molecule has 1 aromatic carbocycles. The summed E-state index contributed by atoms with van der Waals surface area (Å²) in [5.74, 6) is 2.18. The van der Waals surface area contributed by atoms with Crippen LogP contribution in [0.25, 0.3) is 0 Å². The lowest BCUT2D eigenvalue weighted by atomic mass is 10.2. The third-order valence-electron chi connectivity index (χ3n) is 2.24. The van der Waals surface area contributed by atoms with Crippen LogP contribution in [-0.2, 0) is 0 Å². The average molecular weight is 312 g/mol. The normalized spacial score (nSPS) is 9.90. The van der Waals surface area contributed by atoms with Gasteiger partial charge in [0.25, 0.3) is 0 Å². The van der Waals surface area contributed by atoms with Gasteiger partial charge in [0.1, 0.15) is 23.1 Å². The number of hydrogen-bond acceptors (Lipinski definition) is 4. The van der Waals surface area contributed by atoms with Crippen LogP contribution >= 0.6 is 23.2 Å². The Balaban J connectivity index is 2.37. The summed E-state index contributed by atoms with van der Waals surface area (Å²) in [7, 11) is 0. The van der Waals surface area contributed by atoms with Crippen LogP contribution in [0.5, 0.6) is 5.75 Å². The predicted molar refractivity (Wildman–Crippen MR) is 76.1 cm³/mol. The molecule has 0 saturated heterocycles. The van der Waals surface area contributed by atoms with Gasteiger partial charge in [-0.05, 0) is 23.7 Å². The first-order valence-corrected chi connectivity index (χ1v) is 6.17. The molecule has 1 N–H and O–H groups in total. The van der Waals surface area contributed by atoms with E-state index in [-0.39, 0.29) is 34.2 Å². The lowest BCUT2D eigenvalue weighted by Gasteiger charge is -2.13. The maximum absolute atomic E-state index is 13.9. The van der Waals surface area contributed by atoms with Crippen LogP contribution in [-0.4, -0.2) is 16.6 Å². The molecular formula is C13H8Cl2FN3O. The van der Waals surface area contributed by atoms with Crippen molar-refractivity contribution < 1.29 is 9.13 Å². The number of rotatable bonds is 4. The molecule has 1 heterocycles. The molecule has 2 rings (SSSR count). The number of hydrogen-bond donors (Lipinski definition) is 1. The summed E-state index contributed by atoms with van der Waals surface area (Å²) in [4.78, 5) is 7.59. The molecule has 20 heavy (non-hydrogen) atoms. The number of nitrogens with zero attached hydrogens (tertiary/aromatic N) is 2. The van der Waals surface area contributed by atoms with Gasteiger partial charge in [0.05, 0.1) is 6.20 Å². The van der Waals surface area contributed by atoms with Crippen LogP contribution in [0.1, 0.15) is 0 Å². The number of terminal acetylenes is 1. The maximum Gasteiger partial charge on any atom is 0.224 e. The molecule has 0 spiro atoms. The Morgan fingerprint density at radius 1 is 1.40 bits per heavy atom. The standard InChI is InChI=1S/C13H8Cl2FN3O/c1-2-6-20-10-5-3-4-9(16)11(10)18-12-8(14)7-17-13(15)19-12/h1,3-5,7H,6H2,(H,17,18,19). The van der Waals surface area contributed by atoms with E-state index in [4.69, 9.17) is 34.4 Å². The molecule has 0 saturated carbocycles. The first-order chi connectivity index (χ1) is 9.61. The van der Waals surface area contributed by atoms with E-state index in [1.165, 1.54) is 18.3 Å². The van der Waals surface area contributed by atoms with E-state index in [9.17, 15) is 4.39 Å². The van der Waals surface area contributed by atoms with Crippen molar-refractivity contribution in [1.29, 1.82) is 0 Å². The topological polar surface area (TPSA) is 47.0 Å². The van der Waals surface area contributed by atoms with Gasteiger partial charge < -0.3 is 10.1 Å². The molecule has 0 unspecified atom stereocenters. The van der Waals surface area contributed by atoms with Crippen molar-refractivity contribution >= 4 is 34.7 Å². The molecule has 2 aromatic rings. The second-order valence-corrected chi connectivity index (χ2v) is 4.31. The minimum Gasteiger partial charge on any atom is -0.479 e. The Hall–Kier alpha value is -2.03. The van der Waals surface area contributed by atoms with Crippen molar-refractivity contribution in [3.63, 3.8) is 0 Å². The Morgan fingerprint density at radius 2 is 2.20 bits per heavy atom. The molecule has 0 aliphatic rings. The maximum atomic E-state index is 13.9. The molecule has 0 radical (unpaired) electrons. The van der Waals surface area contributed by atoms with Crippen molar-refractivity contribution in [3.8, 4) is 18.1 Å². The van der Waals surface area contributed by atoms with Gasteiger partial charge in [-0.15, -0.1) is 6.42 Å². The van der Waals surface area contributed by atoms with Crippen LogP contribution in [0.3, 0.4) is 0 Å². The Bertz CT molecular complexity index is 673. The minimum atomic E-state index is -0.537. The Labute approximate surface area is 124 Å². The van der Waals surface area contributed by atoms with Crippen LogP contribution < -0.4 is 10.1 Å². The van der Waals surface area contributed by atoms with Crippen LogP contribution in [0, 0.1) is 18.2 Å². The van der Waals surface area contributed by atoms with E-state index in [1.807, 2.05) is 0 Å². The number of para-hydroxylation sites is 1. The molecule has 102 valence electrons. The summed E-state index contributed by atoms with van der Waals surface area (Å²) in [5.41, 5.74) is 0.0689. The van der Waals surface area contributed by atoms with Crippen molar-refractivity contribution in [2.75, 3.05) is 11.9 Å². The summed E-state index contributed by atoms with van der Waals surface area (Å²) in [6, 6.07) is 4.34. The highest BCUT2D eigenvalue weighted by Gasteiger charge is 2.13. The SMILES string of the molecule is C#CCOc1cccc(F)c1Nc1nc(Cl)ncc1Cl. The van der Waals surface area contributed by atoms with Gasteiger partial charge in [-0.25, -0.2) is 9.37 Å². The quantitative estimate of drug-likeness (QED) is 0.691. The Kier molecular flexibility index (Phi) is 4.61. The zero-order valence-electron chi connectivity index (χ0n) is 10.0. The number of anilines is 2. The largest absolute Gasteiger partial charge is 0.479 e. The van der Waals surface area contributed by atoms with E-state index in [0.717, 1.165) is 0 Å². The van der Waals surface area contributed by atoms with Gasteiger partial charge in [-0.1, -0.05) is 23.6 Å². The first-order valence-electron chi connectivity index (χ1n) is 5.41. The number of benzene rings is 1. The van der Waals surface area contributed by atoms with Crippen molar-refractivity contribution in [1.82, 2.24) is 9.97 Å². The summed E-state index contributed by atoms with van der Waals surface area (Å²) in [6.07, 6.45) is 6.42. The highest BCUT2D eigenvalue weighted by Crippen LogP contribution is 2.32. The van der Waals surface area contributed by atoms with E-state index < -0.39 is 5.82 Å². The van der Waals surface area contributed by atoms with E-state index >= 15 is 0 Å². The van der Waals surface area contributed by atoms with Gasteiger partial charge >= 0.3 is 0 Å². The number of halogens is 3. The fraction of sp³-hybridized carbons (Fsp3) is 0.0769. The van der Waals surface area contributed by atoms with Crippen molar-refractivity contribution in [2.45, 2.75) is 0 Å². The summed E-state index contributed by atoms with van der Waals surface area (Å²) >= 11 is 11.6. The highest BCUT2D eigenvalue weighted by atomic mass is 35.5. The van der Waals surface area contributed by atoms with E-state index in [0.29, 0.717) is 0 Å².